The predicted molar refractivity (Wildman–Crippen MR) is 56.2 cm³/mol. The van der Waals surface area contributed by atoms with E-state index in [1.54, 1.807) is 0 Å². The largest absolute Gasteiger partial charge is 0.469 e. The Morgan fingerprint density at radius 1 is 1.43 bits per heavy atom. The van der Waals surface area contributed by atoms with E-state index in [1.807, 2.05) is 37.3 Å². The van der Waals surface area contributed by atoms with E-state index in [0.717, 1.165) is 5.69 Å². The van der Waals surface area contributed by atoms with Gasteiger partial charge in [0.05, 0.1) is 13.5 Å². The summed E-state index contributed by atoms with van der Waals surface area (Å²) in [6, 6.07) is 9.88. The van der Waals surface area contributed by atoms with Crippen LogP contribution in [0.4, 0.5) is 5.69 Å². The molecule has 1 N–H and O–H groups in total. The van der Waals surface area contributed by atoms with Crippen molar-refractivity contribution >= 4 is 11.7 Å². The third-order valence-corrected chi connectivity index (χ3v) is 1.89. The second kappa shape index (κ2) is 5.27. The quantitative estimate of drug-likeness (QED) is 0.744. The Balaban J connectivity index is 2.41. The molecule has 0 aliphatic rings. The monoisotopic (exact) mass is 193 g/mol. The third kappa shape index (κ3) is 3.47. The van der Waals surface area contributed by atoms with Gasteiger partial charge in [-0.15, -0.1) is 0 Å². The van der Waals surface area contributed by atoms with Crippen molar-refractivity contribution in [3.05, 3.63) is 30.3 Å². The average Bonchev–Trinajstić information content (AvgIpc) is 2.19. The second-order valence-electron chi connectivity index (χ2n) is 3.19. The van der Waals surface area contributed by atoms with Crippen LogP contribution in [-0.4, -0.2) is 19.1 Å². The SMILES string of the molecule is COC(=O)C[C@H](C)Nc1ccccc1. The molecule has 0 saturated heterocycles. The van der Waals surface area contributed by atoms with Crippen LogP contribution in [0.3, 0.4) is 0 Å². The summed E-state index contributed by atoms with van der Waals surface area (Å²) in [6.07, 6.45) is 0.380. The van der Waals surface area contributed by atoms with E-state index in [1.165, 1.54) is 7.11 Å². The van der Waals surface area contributed by atoms with Gasteiger partial charge in [0.2, 0.25) is 0 Å². The zero-order valence-electron chi connectivity index (χ0n) is 8.49. The minimum Gasteiger partial charge on any atom is -0.469 e. The molecule has 0 bridgehead atoms. The molecule has 3 heteroatoms. The fraction of sp³-hybridized carbons (Fsp3) is 0.364. The van der Waals surface area contributed by atoms with Crippen LogP contribution in [0.1, 0.15) is 13.3 Å². The summed E-state index contributed by atoms with van der Waals surface area (Å²) < 4.78 is 4.58. The number of rotatable bonds is 4. The van der Waals surface area contributed by atoms with Crippen LogP contribution in [0.2, 0.25) is 0 Å². The number of para-hydroxylation sites is 1. The van der Waals surface area contributed by atoms with Crippen LogP contribution in [0.5, 0.6) is 0 Å². The number of methoxy groups -OCH3 is 1. The zero-order chi connectivity index (χ0) is 10.4. The number of ether oxygens (including phenoxy) is 1. The van der Waals surface area contributed by atoms with Crippen molar-refractivity contribution in [1.82, 2.24) is 0 Å². The Labute approximate surface area is 84.1 Å². The number of benzene rings is 1. The molecule has 14 heavy (non-hydrogen) atoms. The van der Waals surface area contributed by atoms with Crippen LogP contribution in [0, 0.1) is 0 Å². The van der Waals surface area contributed by atoms with E-state index < -0.39 is 0 Å². The maximum Gasteiger partial charge on any atom is 0.307 e. The molecule has 0 aliphatic heterocycles. The number of hydrogen-bond acceptors (Lipinski definition) is 3. The van der Waals surface area contributed by atoms with Gasteiger partial charge in [-0.05, 0) is 19.1 Å². The molecule has 0 heterocycles. The van der Waals surface area contributed by atoms with Crippen molar-refractivity contribution in [2.45, 2.75) is 19.4 Å². The smallest absolute Gasteiger partial charge is 0.307 e. The van der Waals surface area contributed by atoms with E-state index in [9.17, 15) is 4.79 Å². The fourth-order valence-electron chi connectivity index (χ4n) is 1.20. The Hall–Kier alpha value is -1.51. The molecule has 0 spiro atoms. The molecule has 76 valence electrons. The van der Waals surface area contributed by atoms with Crippen LogP contribution >= 0.6 is 0 Å². The number of nitrogens with one attached hydrogen (secondary N) is 1. The normalized spacial score (nSPS) is 11.9. The first kappa shape index (κ1) is 10.6. The van der Waals surface area contributed by atoms with Crippen molar-refractivity contribution in [3.63, 3.8) is 0 Å². The summed E-state index contributed by atoms with van der Waals surface area (Å²) in [6.45, 7) is 1.95. The number of anilines is 1. The Kier molecular flexibility index (Phi) is 3.98. The van der Waals surface area contributed by atoms with E-state index in [-0.39, 0.29) is 12.0 Å². The van der Waals surface area contributed by atoms with Gasteiger partial charge in [-0.1, -0.05) is 18.2 Å². The second-order valence-corrected chi connectivity index (χ2v) is 3.19. The Morgan fingerprint density at radius 2 is 2.07 bits per heavy atom. The summed E-state index contributed by atoms with van der Waals surface area (Å²) in [5.41, 5.74) is 1.02. The van der Waals surface area contributed by atoms with Crippen LogP contribution in [0.15, 0.2) is 30.3 Å². The van der Waals surface area contributed by atoms with Crippen LogP contribution in [0.25, 0.3) is 0 Å². The van der Waals surface area contributed by atoms with Gasteiger partial charge in [-0.2, -0.15) is 0 Å². The third-order valence-electron chi connectivity index (χ3n) is 1.89. The topological polar surface area (TPSA) is 38.3 Å². The van der Waals surface area contributed by atoms with Crippen molar-refractivity contribution in [2.75, 3.05) is 12.4 Å². The summed E-state index contributed by atoms with van der Waals surface area (Å²) in [5, 5.41) is 3.21. The van der Waals surface area contributed by atoms with E-state index in [0.29, 0.717) is 6.42 Å². The molecule has 0 saturated carbocycles. The average molecular weight is 193 g/mol. The zero-order valence-corrected chi connectivity index (χ0v) is 8.49. The van der Waals surface area contributed by atoms with E-state index in [4.69, 9.17) is 0 Å². The summed E-state index contributed by atoms with van der Waals surface area (Å²) in [4.78, 5) is 11.0. The van der Waals surface area contributed by atoms with Crippen molar-refractivity contribution < 1.29 is 9.53 Å². The molecule has 0 aliphatic carbocycles. The highest BCUT2D eigenvalue weighted by molar-refractivity contribution is 5.70. The number of hydrogen-bond donors (Lipinski definition) is 1. The lowest BCUT2D eigenvalue weighted by molar-refractivity contribution is -0.140. The van der Waals surface area contributed by atoms with Gasteiger partial charge in [-0.3, -0.25) is 4.79 Å². The minimum absolute atomic E-state index is 0.0878. The van der Waals surface area contributed by atoms with Gasteiger partial charge < -0.3 is 10.1 Å². The number of esters is 1. The molecule has 1 atom stereocenters. The summed E-state index contributed by atoms with van der Waals surface area (Å²) in [7, 11) is 1.40. The maximum atomic E-state index is 11.0. The summed E-state index contributed by atoms with van der Waals surface area (Å²) in [5.74, 6) is -0.194. The van der Waals surface area contributed by atoms with Gasteiger partial charge in [0.25, 0.3) is 0 Å². The van der Waals surface area contributed by atoms with Crippen LogP contribution < -0.4 is 5.32 Å². The first-order chi connectivity index (χ1) is 6.72. The first-order valence-corrected chi connectivity index (χ1v) is 4.61. The molecule has 0 radical (unpaired) electrons. The highest BCUT2D eigenvalue weighted by Crippen LogP contribution is 2.08. The molecular formula is C11H15NO2. The lowest BCUT2D eigenvalue weighted by Gasteiger charge is -2.13. The van der Waals surface area contributed by atoms with Gasteiger partial charge in [0, 0.05) is 11.7 Å². The molecular weight excluding hydrogens is 178 g/mol. The molecule has 0 unspecified atom stereocenters. The first-order valence-electron chi connectivity index (χ1n) is 4.61. The van der Waals surface area contributed by atoms with Gasteiger partial charge in [0.1, 0.15) is 0 Å². The lowest BCUT2D eigenvalue weighted by Crippen LogP contribution is -2.20. The van der Waals surface area contributed by atoms with Crippen molar-refractivity contribution in [1.29, 1.82) is 0 Å². The van der Waals surface area contributed by atoms with Gasteiger partial charge in [-0.25, -0.2) is 0 Å². The van der Waals surface area contributed by atoms with Gasteiger partial charge >= 0.3 is 5.97 Å². The minimum atomic E-state index is -0.194. The van der Waals surface area contributed by atoms with Gasteiger partial charge in [0.15, 0.2) is 0 Å². The Bertz CT molecular complexity index is 285. The lowest BCUT2D eigenvalue weighted by atomic mass is 10.2. The molecule has 0 aromatic heterocycles. The highest BCUT2D eigenvalue weighted by atomic mass is 16.5. The molecule has 1 aromatic carbocycles. The van der Waals surface area contributed by atoms with E-state index >= 15 is 0 Å². The van der Waals surface area contributed by atoms with E-state index in [2.05, 4.69) is 10.1 Å². The Morgan fingerprint density at radius 3 is 2.64 bits per heavy atom. The van der Waals surface area contributed by atoms with Crippen molar-refractivity contribution in [2.24, 2.45) is 0 Å². The molecule has 1 aromatic rings. The molecule has 3 nitrogen and oxygen atoms in total. The standard InChI is InChI=1S/C11H15NO2/c1-9(8-11(13)14-2)12-10-6-4-3-5-7-10/h3-7,9,12H,8H2,1-2H3/t9-/m0/s1. The summed E-state index contributed by atoms with van der Waals surface area (Å²) >= 11 is 0. The van der Waals surface area contributed by atoms with Crippen molar-refractivity contribution in [3.8, 4) is 0 Å². The highest BCUT2D eigenvalue weighted by Gasteiger charge is 2.07. The number of carbonyl (C=O) groups excluding carboxylic acids is 1. The number of carbonyl (C=O) groups is 1. The maximum absolute atomic E-state index is 11.0. The predicted octanol–water partition coefficient (Wildman–Crippen LogP) is 2.05. The van der Waals surface area contributed by atoms with Crippen LogP contribution in [-0.2, 0) is 9.53 Å². The fourth-order valence-corrected chi connectivity index (χ4v) is 1.20. The molecule has 1 rings (SSSR count). The molecule has 0 amide bonds. The molecule has 0 fully saturated rings.